The van der Waals surface area contributed by atoms with E-state index >= 15 is 0 Å². The number of carbonyl (C=O) groups is 1. The van der Waals surface area contributed by atoms with Crippen LogP contribution in [0.4, 0.5) is 28.1 Å². The SMILES string of the molecule is CC(C)(C)OC(=O)N1CCN(c2cccc(-c3cc4nc(-c5ccco5)nn4c(N)n3)c2)CC1.Nc1nc(-c2cccc(N3CCNCC3)c2)cc2nc(-c3ccco3)nn12. The van der Waals surface area contributed by atoms with Gasteiger partial charge in [0.15, 0.2) is 22.8 Å². The smallest absolute Gasteiger partial charge is 0.410 e. The lowest BCUT2D eigenvalue weighted by atomic mass is 10.1. The fourth-order valence-corrected chi connectivity index (χ4v) is 7.26. The molecule has 2 aliphatic rings. The zero-order valence-electron chi connectivity index (χ0n) is 34.1. The highest BCUT2D eigenvalue weighted by Crippen LogP contribution is 2.29. The summed E-state index contributed by atoms with van der Waals surface area (Å²) in [7, 11) is 0. The Morgan fingerprint density at radius 2 is 1.13 bits per heavy atom. The molecule has 5 N–H and O–H groups in total. The van der Waals surface area contributed by atoms with Crippen LogP contribution < -0.4 is 26.6 Å². The summed E-state index contributed by atoms with van der Waals surface area (Å²) in [4.78, 5) is 36.9. The van der Waals surface area contributed by atoms with Gasteiger partial charge in [0.25, 0.3) is 0 Å². The quantitative estimate of drug-likeness (QED) is 0.183. The minimum Gasteiger partial charge on any atom is -0.461 e. The van der Waals surface area contributed by atoms with Gasteiger partial charge in [0.2, 0.25) is 23.5 Å². The Labute approximate surface area is 350 Å². The van der Waals surface area contributed by atoms with Gasteiger partial charge in [0.1, 0.15) is 5.60 Å². The summed E-state index contributed by atoms with van der Waals surface area (Å²) in [5, 5.41) is 12.2. The van der Waals surface area contributed by atoms with E-state index in [-0.39, 0.29) is 12.0 Å². The van der Waals surface area contributed by atoms with Gasteiger partial charge >= 0.3 is 6.09 Å². The van der Waals surface area contributed by atoms with E-state index in [1.807, 2.05) is 63.2 Å². The zero-order chi connectivity index (χ0) is 42.1. The molecule has 1 amide bonds. The van der Waals surface area contributed by atoms with Gasteiger partial charge in [0.05, 0.1) is 23.9 Å². The number of nitrogens with zero attached hydrogens (tertiary/aromatic N) is 11. The topological polar surface area (TPSA) is 213 Å². The number of nitrogens with two attached hydrogens (primary N) is 2. The molecule has 0 radical (unpaired) electrons. The van der Waals surface area contributed by atoms with E-state index in [9.17, 15) is 4.79 Å². The largest absolute Gasteiger partial charge is 0.461 e. The first-order valence-electron chi connectivity index (χ1n) is 20.1. The summed E-state index contributed by atoms with van der Waals surface area (Å²) in [5.74, 6) is 2.64. The molecule has 0 atom stereocenters. The lowest BCUT2D eigenvalue weighted by molar-refractivity contribution is 0.0240. The number of hydrogen-bond acceptors (Lipinski definition) is 15. The summed E-state index contributed by atoms with van der Waals surface area (Å²) < 4.78 is 19.3. The fraction of sp³-hybridized carbons (Fsp3) is 0.279. The first-order valence-corrected chi connectivity index (χ1v) is 20.1. The van der Waals surface area contributed by atoms with E-state index in [0.717, 1.165) is 48.7 Å². The van der Waals surface area contributed by atoms with Crippen LogP contribution in [-0.4, -0.2) is 108 Å². The highest BCUT2D eigenvalue weighted by atomic mass is 16.6. The van der Waals surface area contributed by atoms with Crippen LogP contribution in [-0.2, 0) is 4.74 Å². The monoisotopic (exact) mass is 822 g/mol. The third kappa shape index (κ3) is 8.51. The van der Waals surface area contributed by atoms with Crippen molar-refractivity contribution in [3.05, 3.63) is 97.5 Å². The number of aromatic nitrogens is 8. The fourth-order valence-electron chi connectivity index (χ4n) is 7.26. The van der Waals surface area contributed by atoms with Crippen molar-refractivity contribution in [1.82, 2.24) is 49.4 Å². The van der Waals surface area contributed by atoms with Crippen LogP contribution in [0.15, 0.2) is 106 Å². The average molecular weight is 823 g/mol. The summed E-state index contributed by atoms with van der Waals surface area (Å²) in [6.07, 6.45) is 2.90. The number of furan rings is 2. The molecule has 0 bridgehead atoms. The molecule has 6 aromatic heterocycles. The van der Waals surface area contributed by atoms with Gasteiger partial charge < -0.3 is 45.1 Å². The molecule has 2 aromatic carbocycles. The molecular weight excluding hydrogens is 777 g/mol. The number of hydrogen-bond donors (Lipinski definition) is 3. The number of piperazine rings is 2. The maximum Gasteiger partial charge on any atom is 0.410 e. The Bertz CT molecular complexity index is 2780. The van der Waals surface area contributed by atoms with E-state index in [4.69, 9.17) is 25.0 Å². The third-order valence-electron chi connectivity index (χ3n) is 10.2. The van der Waals surface area contributed by atoms with Crippen LogP contribution in [0, 0.1) is 0 Å². The van der Waals surface area contributed by atoms with Gasteiger partial charge in [-0.25, -0.2) is 24.7 Å². The van der Waals surface area contributed by atoms with Crippen LogP contribution in [0.5, 0.6) is 0 Å². The second kappa shape index (κ2) is 16.3. The van der Waals surface area contributed by atoms with Crippen LogP contribution >= 0.6 is 0 Å². The normalized spacial score (nSPS) is 14.6. The number of amides is 1. The molecule has 61 heavy (non-hydrogen) atoms. The molecule has 0 unspecified atom stereocenters. The predicted molar refractivity (Wildman–Crippen MR) is 232 cm³/mol. The summed E-state index contributed by atoms with van der Waals surface area (Å²) in [5.41, 5.74) is 18.7. The Morgan fingerprint density at radius 1 is 0.639 bits per heavy atom. The first kappa shape index (κ1) is 39.0. The third-order valence-corrected chi connectivity index (χ3v) is 10.2. The number of ether oxygens (including phenoxy) is 1. The van der Waals surface area contributed by atoms with Gasteiger partial charge in [-0.3, -0.25) is 0 Å². The number of carbonyl (C=O) groups excluding carboxylic acids is 1. The molecule has 2 aliphatic heterocycles. The van der Waals surface area contributed by atoms with Crippen molar-refractivity contribution < 1.29 is 18.4 Å². The molecule has 18 heteroatoms. The van der Waals surface area contributed by atoms with E-state index in [0.29, 0.717) is 72.3 Å². The van der Waals surface area contributed by atoms with Gasteiger partial charge in [-0.05, 0) is 69.3 Å². The van der Waals surface area contributed by atoms with E-state index in [1.54, 1.807) is 35.6 Å². The summed E-state index contributed by atoms with van der Waals surface area (Å²) in [6, 6.07) is 27.4. The Balaban J connectivity index is 0.000000160. The minimum atomic E-state index is -0.498. The number of nitrogens with one attached hydrogen (secondary N) is 1. The van der Waals surface area contributed by atoms with Crippen LogP contribution in [0.25, 0.3) is 57.0 Å². The molecule has 10 rings (SSSR count). The van der Waals surface area contributed by atoms with Crippen LogP contribution in [0.2, 0.25) is 0 Å². The summed E-state index contributed by atoms with van der Waals surface area (Å²) in [6.45, 7) is 12.3. The molecule has 2 saturated heterocycles. The standard InChI is InChI=1S/C24H27N7O3.C19H19N7O/c1-24(2,3)34-23(32)30-11-9-29(10-12-30)17-7-4-6-16(14-17)18-15-20-27-21(19-8-5-13-33-19)28-31(20)22(25)26-18;20-19-22-15(12-17-23-18(24-26(17)19)16-5-2-10-27-16)13-3-1-4-14(11-13)25-8-6-21-7-9-25/h4-8,13-15H,9-12H2,1-3H3,(H2,25,26);1-5,10-12,21H,6-9H2,(H2,20,22). The molecule has 0 saturated carbocycles. The van der Waals surface area contributed by atoms with E-state index in [2.05, 4.69) is 69.5 Å². The number of rotatable bonds is 6. The van der Waals surface area contributed by atoms with Gasteiger partial charge in [0, 0.05) is 87.0 Å². The minimum absolute atomic E-state index is 0.245. The first-order chi connectivity index (χ1) is 29.5. The van der Waals surface area contributed by atoms with Gasteiger partial charge in [-0.2, -0.15) is 9.03 Å². The van der Waals surface area contributed by atoms with Gasteiger partial charge in [-0.15, -0.1) is 10.2 Å². The highest BCUT2D eigenvalue weighted by Gasteiger charge is 2.26. The zero-order valence-corrected chi connectivity index (χ0v) is 34.1. The molecule has 8 heterocycles. The van der Waals surface area contributed by atoms with Crippen molar-refractivity contribution >= 4 is 40.7 Å². The highest BCUT2D eigenvalue weighted by molar-refractivity contribution is 5.72. The molecule has 0 spiro atoms. The molecule has 0 aliphatic carbocycles. The van der Waals surface area contributed by atoms with Crippen molar-refractivity contribution in [3.63, 3.8) is 0 Å². The second-order valence-electron chi connectivity index (χ2n) is 15.7. The molecule has 2 fully saturated rings. The van der Waals surface area contributed by atoms with Crippen molar-refractivity contribution in [2.75, 3.05) is 73.6 Å². The van der Waals surface area contributed by atoms with E-state index in [1.165, 1.54) is 14.7 Å². The molecular formula is C43H46N14O4. The Kier molecular flexibility index (Phi) is 10.4. The number of benzene rings is 2. The van der Waals surface area contributed by atoms with Crippen molar-refractivity contribution in [2.24, 2.45) is 0 Å². The van der Waals surface area contributed by atoms with E-state index < -0.39 is 5.60 Å². The van der Waals surface area contributed by atoms with Gasteiger partial charge in [-0.1, -0.05) is 24.3 Å². The molecule has 8 aromatic rings. The maximum atomic E-state index is 12.4. The predicted octanol–water partition coefficient (Wildman–Crippen LogP) is 5.73. The van der Waals surface area contributed by atoms with Crippen molar-refractivity contribution in [2.45, 2.75) is 26.4 Å². The maximum absolute atomic E-state index is 12.4. The van der Waals surface area contributed by atoms with Crippen LogP contribution in [0.1, 0.15) is 20.8 Å². The number of fused-ring (bicyclic) bond motifs is 2. The molecule has 18 nitrogen and oxygen atoms in total. The lowest BCUT2D eigenvalue weighted by Crippen LogP contribution is -2.50. The van der Waals surface area contributed by atoms with Crippen LogP contribution in [0.3, 0.4) is 0 Å². The Morgan fingerprint density at radius 3 is 1.59 bits per heavy atom. The number of nitrogen functional groups attached to an aromatic ring is 2. The summed E-state index contributed by atoms with van der Waals surface area (Å²) >= 11 is 0. The second-order valence-corrected chi connectivity index (χ2v) is 15.7. The Hall–Kier alpha value is -7.47. The number of anilines is 4. The lowest BCUT2D eigenvalue weighted by Gasteiger charge is -2.36. The van der Waals surface area contributed by atoms with Crippen molar-refractivity contribution in [3.8, 4) is 45.7 Å². The molecule has 312 valence electrons. The average Bonchev–Trinajstić information content (AvgIpc) is 4.11. The van der Waals surface area contributed by atoms with Crippen molar-refractivity contribution in [1.29, 1.82) is 0 Å².